The lowest BCUT2D eigenvalue weighted by Gasteiger charge is -2.47. The summed E-state index contributed by atoms with van der Waals surface area (Å²) in [7, 11) is -4.56. The van der Waals surface area contributed by atoms with Crippen LogP contribution >= 0.6 is 15.9 Å². The fourth-order valence-electron chi connectivity index (χ4n) is 3.60. The highest BCUT2D eigenvalue weighted by Gasteiger charge is 2.56. The Labute approximate surface area is 215 Å². The van der Waals surface area contributed by atoms with E-state index in [0.717, 1.165) is 10.0 Å². The molecule has 2 rings (SSSR count). The number of aliphatic hydroxyl groups excluding tert-OH is 1. The minimum absolute atomic E-state index is 0.0521. The highest BCUT2D eigenvalue weighted by atomic mass is 79.9. The summed E-state index contributed by atoms with van der Waals surface area (Å²) < 4.78 is 19.7. The number of ether oxygens (including phenoxy) is 1. The van der Waals surface area contributed by atoms with Crippen molar-refractivity contribution in [1.29, 1.82) is 0 Å². The molecule has 0 bridgehead atoms. The summed E-state index contributed by atoms with van der Waals surface area (Å²) in [5.41, 5.74) is 0.736. The van der Waals surface area contributed by atoms with Crippen LogP contribution in [0.4, 0.5) is 0 Å². The molecule has 34 heavy (non-hydrogen) atoms. The van der Waals surface area contributed by atoms with E-state index in [9.17, 15) is 15.2 Å². The molecule has 1 heterocycles. The molecule has 10 heteroatoms. The van der Waals surface area contributed by atoms with Crippen molar-refractivity contribution < 1.29 is 23.6 Å². The largest absolute Gasteiger partial charge is 0.414 e. The molecule has 0 aromatic heterocycles. The summed E-state index contributed by atoms with van der Waals surface area (Å²) in [6.07, 6.45) is -3.07. The van der Waals surface area contributed by atoms with Crippen LogP contribution in [0.3, 0.4) is 0 Å². The number of hydrogen-bond donors (Lipinski definition) is 1. The van der Waals surface area contributed by atoms with Gasteiger partial charge in [0.1, 0.15) is 6.10 Å². The molecule has 1 fully saturated rings. The van der Waals surface area contributed by atoms with E-state index >= 15 is 0 Å². The van der Waals surface area contributed by atoms with Gasteiger partial charge in [-0.3, -0.25) is 10.1 Å². The number of nitrogens with zero attached hydrogens (tertiary/aromatic N) is 1. The third-order valence-corrected chi connectivity index (χ3v) is 17.3. The molecule has 1 aliphatic rings. The predicted octanol–water partition coefficient (Wildman–Crippen LogP) is 6.31. The number of benzene rings is 1. The predicted molar refractivity (Wildman–Crippen MR) is 144 cm³/mol. The Bertz CT molecular complexity index is 868. The molecule has 0 spiro atoms. The van der Waals surface area contributed by atoms with E-state index in [1.165, 1.54) is 0 Å². The summed E-state index contributed by atoms with van der Waals surface area (Å²) in [5.74, 6) is -0.696. The third-order valence-electron chi connectivity index (χ3n) is 7.83. The lowest BCUT2D eigenvalue weighted by molar-refractivity contribution is -0.554. The van der Waals surface area contributed by atoms with Crippen molar-refractivity contribution in [2.75, 3.05) is 6.61 Å². The van der Waals surface area contributed by atoms with Crippen LogP contribution in [-0.2, 0) is 13.6 Å². The fourth-order valence-corrected chi connectivity index (χ4v) is 6.33. The Balaban J connectivity index is 2.52. The number of rotatable bonds is 7. The topological polar surface area (TPSA) is 91.1 Å². The molecular formula is C24H42BrNO6Si2. The van der Waals surface area contributed by atoms with Gasteiger partial charge in [0, 0.05) is 9.40 Å². The average Bonchev–Trinajstić information content (AvgIpc) is 2.65. The summed E-state index contributed by atoms with van der Waals surface area (Å²) in [6, 6.07) is 6.33. The molecule has 5 atom stereocenters. The maximum Gasteiger partial charge on any atom is 0.250 e. The van der Waals surface area contributed by atoms with E-state index in [4.69, 9.17) is 13.6 Å². The molecule has 194 valence electrons. The summed E-state index contributed by atoms with van der Waals surface area (Å²) in [6.45, 7) is 21.1. The van der Waals surface area contributed by atoms with Crippen LogP contribution in [0.15, 0.2) is 28.7 Å². The lowest BCUT2D eigenvalue weighted by atomic mass is 9.82. The van der Waals surface area contributed by atoms with Crippen molar-refractivity contribution in [3.8, 4) is 0 Å². The van der Waals surface area contributed by atoms with E-state index in [-0.39, 0.29) is 21.6 Å². The van der Waals surface area contributed by atoms with E-state index in [1.807, 2.05) is 24.3 Å². The standard InChI is InChI=1S/C24H42BrNO6Si2/c1-23(2,3)33(7,8)30-15-18-20(26(28)29)19(16-12-11-13-17(25)14-16)21(22(27)31-18)32-34(9,10)24(4,5)6/h11-14,18-22,27H,15H2,1-10H3/t18-,19+,20-,21+,22+/m1/s1. The van der Waals surface area contributed by atoms with E-state index in [0.29, 0.717) is 0 Å². The van der Waals surface area contributed by atoms with Crippen LogP contribution in [0, 0.1) is 10.1 Å². The van der Waals surface area contributed by atoms with Gasteiger partial charge in [-0.2, -0.15) is 0 Å². The second-order valence-corrected chi connectivity index (χ2v) is 22.8. The van der Waals surface area contributed by atoms with Crippen LogP contribution in [0.5, 0.6) is 0 Å². The highest BCUT2D eigenvalue weighted by molar-refractivity contribution is 9.10. The molecule has 0 aliphatic carbocycles. The molecule has 0 saturated carbocycles. The maximum atomic E-state index is 12.5. The summed E-state index contributed by atoms with van der Waals surface area (Å²) in [4.78, 5) is 12.2. The second-order valence-electron chi connectivity index (χ2n) is 12.3. The first kappa shape index (κ1) is 29.6. The van der Waals surface area contributed by atoms with Crippen LogP contribution in [0.25, 0.3) is 0 Å². The minimum atomic E-state index is -2.38. The molecule has 1 aliphatic heterocycles. The Kier molecular flexibility index (Phi) is 9.05. The summed E-state index contributed by atoms with van der Waals surface area (Å²) >= 11 is 3.49. The lowest BCUT2D eigenvalue weighted by Crippen LogP contribution is -2.61. The Morgan fingerprint density at radius 3 is 2.12 bits per heavy atom. The molecule has 0 radical (unpaired) electrons. The first-order chi connectivity index (χ1) is 15.3. The van der Waals surface area contributed by atoms with Gasteiger partial charge in [-0.1, -0.05) is 69.6 Å². The molecule has 1 saturated heterocycles. The molecule has 7 nitrogen and oxygen atoms in total. The number of halogens is 1. The minimum Gasteiger partial charge on any atom is -0.414 e. The Hall–Kier alpha value is -0.626. The monoisotopic (exact) mass is 575 g/mol. The molecule has 1 aromatic rings. The van der Waals surface area contributed by atoms with Crippen molar-refractivity contribution in [3.05, 3.63) is 44.4 Å². The Morgan fingerprint density at radius 2 is 1.65 bits per heavy atom. The fraction of sp³-hybridized carbons (Fsp3) is 0.750. The second kappa shape index (κ2) is 10.4. The van der Waals surface area contributed by atoms with Gasteiger partial charge in [-0.05, 0) is 54.0 Å². The van der Waals surface area contributed by atoms with Gasteiger partial charge < -0.3 is 18.7 Å². The van der Waals surface area contributed by atoms with Crippen molar-refractivity contribution in [3.63, 3.8) is 0 Å². The van der Waals surface area contributed by atoms with E-state index in [1.54, 1.807) is 0 Å². The van der Waals surface area contributed by atoms with Crippen LogP contribution < -0.4 is 0 Å². The Morgan fingerprint density at radius 1 is 1.09 bits per heavy atom. The SMILES string of the molecule is CC(C)(C)[Si](C)(C)OC[C@H]1O[C@H](O)[C@@H](O[Si](C)(C)C(C)(C)C)[C@@H](c2cccc(Br)c2)[C@@H]1[N+](=O)[O-]. The van der Waals surface area contributed by atoms with Gasteiger partial charge in [-0.25, -0.2) is 0 Å². The smallest absolute Gasteiger partial charge is 0.250 e. The van der Waals surface area contributed by atoms with Gasteiger partial charge in [-0.15, -0.1) is 0 Å². The zero-order valence-electron chi connectivity index (χ0n) is 22.2. The van der Waals surface area contributed by atoms with Gasteiger partial charge in [0.15, 0.2) is 29.0 Å². The van der Waals surface area contributed by atoms with Gasteiger partial charge >= 0.3 is 0 Å². The van der Waals surface area contributed by atoms with Crippen LogP contribution in [0.1, 0.15) is 53.0 Å². The first-order valence-corrected chi connectivity index (χ1v) is 18.4. The first-order valence-electron chi connectivity index (χ1n) is 11.8. The average molecular weight is 577 g/mol. The maximum absolute atomic E-state index is 12.5. The van der Waals surface area contributed by atoms with E-state index < -0.39 is 47.1 Å². The van der Waals surface area contributed by atoms with Crippen molar-refractivity contribution in [2.24, 2.45) is 0 Å². The van der Waals surface area contributed by atoms with Crippen LogP contribution in [0.2, 0.25) is 36.3 Å². The van der Waals surface area contributed by atoms with E-state index in [2.05, 4.69) is 83.7 Å². The zero-order chi connectivity index (χ0) is 26.3. The normalized spacial score (nSPS) is 27.0. The quantitative estimate of drug-likeness (QED) is 0.233. The number of hydrogen-bond acceptors (Lipinski definition) is 6. The van der Waals surface area contributed by atoms with Crippen molar-refractivity contribution in [2.45, 2.75) is 108 Å². The van der Waals surface area contributed by atoms with Crippen molar-refractivity contribution in [1.82, 2.24) is 0 Å². The van der Waals surface area contributed by atoms with Crippen LogP contribution in [-0.4, -0.2) is 57.8 Å². The van der Waals surface area contributed by atoms with Gasteiger partial charge in [0.25, 0.3) is 6.04 Å². The molecule has 0 unspecified atom stereocenters. The zero-order valence-corrected chi connectivity index (χ0v) is 25.8. The molecule has 1 N–H and O–H groups in total. The number of aliphatic hydroxyl groups is 1. The number of nitro groups is 1. The highest BCUT2D eigenvalue weighted by Crippen LogP contribution is 2.44. The van der Waals surface area contributed by atoms with Crippen molar-refractivity contribution >= 4 is 32.6 Å². The molecule has 0 amide bonds. The molecular weight excluding hydrogens is 534 g/mol. The van der Waals surface area contributed by atoms with Gasteiger partial charge in [0.05, 0.1) is 12.5 Å². The van der Waals surface area contributed by atoms with Gasteiger partial charge in [0.2, 0.25) is 0 Å². The molecule has 1 aromatic carbocycles. The summed E-state index contributed by atoms with van der Waals surface area (Å²) in [5, 5.41) is 23.5. The third kappa shape index (κ3) is 6.57.